The van der Waals surface area contributed by atoms with Crippen molar-refractivity contribution in [3.8, 4) is 0 Å². The summed E-state index contributed by atoms with van der Waals surface area (Å²) in [6, 6.07) is 24.4. The summed E-state index contributed by atoms with van der Waals surface area (Å²) >= 11 is 12.4. The van der Waals surface area contributed by atoms with Gasteiger partial charge in [0.25, 0.3) is 0 Å². The van der Waals surface area contributed by atoms with Crippen LogP contribution in [0.1, 0.15) is 42.9 Å². The molecule has 3 aromatic rings. The predicted molar refractivity (Wildman–Crippen MR) is 144 cm³/mol. The molecule has 0 unspecified atom stereocenters. The van der Waals surface area contributed by atoms with Crippen LogP contribution in [0.3, 0.4) is 0 Å². The average Bonchev–Trinajstić information content (AvgIpc) is 2.88. The van der Waals surface area contributed by atoms with Gasteiger partial charge >= 0.3 is 0 Å². The van der Waals surface area contributed by atoms with Crippen LogP contribution in [0.2, 0.25) is 10.0 Å². The third-order valence-corrected chi connectivity index (χ3v) is 6.65. The number of hydrogen-bond donors (Lipinski definition) is 1. The second-order valence-electron chi connectivity index (χ2n) is 8.61. The van der Waals surface area contributed by atoms with Crippen molar-refractivity contribution in [2.75, 3.05) is 6.54 Å². The number of rotatable bonds is 12. The highest BCUT2D eigenvalue weighted by Gasteiger charge is 2.30. The quantitative estimate of drug-likeness (QED) is 0.283. The zero-order chi connectivity index (χ0) is 25.0. The van der Waals surface area contributed by atoms with Crippen LogP contribution in [0, 0.1) is 0 Å². The largest absolute Gasteiger partial charge is 0.354 e. The number of benzene rings is 3. The van der Waals surface area contributed by atoms with Gasteiger partial charge in [0.05, 0.1) is 10.0 Å². The van der Waals surface area contributed by atoms with Crippen LogP contribution in [-0.2, 0) is 29.0 Å². The van der Waals surface area contributed by atoms with Crippen molar-refractivity contribution in [1.82, 2.24) is 10.2 Å². The van der Waals surface area contributed by atoms with Gasteiger partial charge in [-0.1, -0.05) is 103 Å². The molecule has 0 radical (unpaired) electrons. The standard InChI is InChI=1S/C29H32Cl2N2O2/c1-2-3-18-32-29(35)27(20-23-12-8-5-9-13-23)33(21-24-14-16-25(30)26(31)19-24)28(34)17-15-22-10-6-4-7-11-22/h4-14,16,19,27H,2-3,15,17-18,20-21H2,1H3,(H,32,35)/t27-/m1/s1. The van der Waals surface area contributed by atoms with Gasteiger partial charge < -0.3 is 10.2 Å². The fourth-order valence-corrected chi connectivity index (χ4v) is 4.26. The van der Waals surface area contributed by atoms with Gasteiger partial charge in [0.2, 0.25) is 11.8 Å². The van der Waals surface area contributed by atoms with Crippen molar-refractivity contribution >= 4 is 35.0 Å². The molecule has 0 aromatic heterocycles. The molecule has 0 saturated carbocycles. The molecule has 35 heavy (non-hydrogen) atoms. The van der Waals surface area contributed by atoms with Crippen molar-refractivity contribution in [1.29, 1.82) is 0 Å². The van der Waals surface area contributed by atoms with Crippen LogP contribution < -0.4 is 5.32 Å². The maximum atomic E-state index is 13.6. The number of amides is 2. The maximum Gasteiger partial charge on any atom is 0.243 e. The molecule has 0 aliphatic rings. The minimum atomic E-state index is -0.646. The summed E-state index contributed by atoms with van der Waals surface area (Å²) in [5.74, 6) is -0.220. The number of nitrogens with one attached hydrogen (secondary N) is 1. The van der Waals surface area contributed by atoms with Crippen molar-refractivity contribution in [3.05, 3.63) is 106 Å². The Morgan fingerprint density at radius 1 is 0.857 bits per heavy atom. The fraction of sp³-hybridized carbons (Fsp3) is 0.310. The lowest BCUT2D eigenvalue weighted by Gasteiger charge is -2.32. The zero-order valence-electron chi connectivity index (χ0n) is 20.1. The van der Waals surface area contributed by atoms with Crippen LogP contribution in [0.4, 0.5) is 0 Å². The minimum absolute atomic E-state index is 0.0773. The smallest absolute Gasteiger partial charge is 0.243 e. The number of nitrogens with zero attached hydrogens (tertiary/aromatic N) is 1. The summed E-state index contributed by atoms with van der Waals surface area (Å²) in [6.45, 7) is 2.93. The van der Waals surface area contributed by atoms with Crippen molar-refractivity contribution in [2.24, 2.45) is 0 Å². The zero-order valence-corrected chi connectivity index (χ0v) is 21.6. The lowest BCUT2D eigenvalue weighted by molar-refractivity contribution is -0.141. The molecule has 0 heterocycles. The van der Waals surface area contributed by atoms with Gasteiger partial charge in [-0.25, -0.2) is 0 Å². The van der Waals surface area contributed by atoms with Gasteiger partial charge in [0, 0.05) is 25.9 Å². The van der Waals surface area contributed by atoms with Gasteiger partial charge in [-0.05, 0) is 41.7 Å². The summed E-state index contributed by atoms with van der Waals surface area (Å²) < 4.78 is 0. The normalized spacial score (nSPS) is 11.6. The van der Waals surface area contributed by atoms with Gasteiger partial charge in [0.15, 0.2) is 0 Å². The second-order valence-corrected chi connectivity index (χ2v) is 9.42. The van der Waals surface area contributed by atoms with E-state index in [4.69, 9.17) is 23.2 Å². The van der Waals surface area contributed by atoms with E-state index >= 15 is 0 Å². The molecule has 4 nitrogen and oxygen atoms in total. The SMILES string of the molecule is CCCCNC(=O)[C@@H](Cc1ccccc1)N(Cc1ccc(Cl)c(Cl)c1)C(=O)CCc1ccccc1. The van der Waals surface area contributed by atoms with Crippen LogP contribution in [0.25, 0.3) is 0 Å². The number of unbranched alkanes of at least 4 members (excludes halogenated alkanes) is 1. The second kappa shape index (κ2) is 13.9. The Morgan fingerprint density at radius 3 is 2.14 bits per heavy atom. The molecular formula is C29H32Cl2N2O2. The lowest BCUT2D eigenvalue weighted by Crippen LogP contribution is -2.50. The summed E-state index contributed by atoms with van der Waals surface area (Å²) in [6.07, 6.45) is 3.20. The number of hydrogen-bond acceptors (Lipinski definition) is 2. The topological polar surface area (TPSA) is 49.4 Å². The van der Waals surface area contributed by atoms with E-state index in [1.807, 2.05) is 66.7 Å². The van der Waals surface area contributed by atoms with Crippen molar-refractivity contribution < 1.29 is 9.59 Å². The van der Waals surface area contributed by atoms with Crippen molar-refractivity contribution in [3.63, 3.8) is 0 Å². The molecule has 0 aliphatic carbocycles. The molecule has 1 atom stereocenters. The van der Waals surface area contributed by atoms with Crippen LogP contribution in [-0.4, -0.2) is 29.3 Å². The monoisotopic (exact) mass is 510 g/mol. The lowest BCUT2D eigenvalue weighted by atomic mass is 10.0. The fourth-order valence-electron chi connectivity index (χ4n) is 3.93. The molecule has 0 aliphatic heterocycles. The van der Waals surface area contributed by atoms with Crippen LogP contribution in [0.5, 0.6) is 0 Å². The van der Waals surface area contributed by atoms with E-state index in [-0.39, 0.29) is 18.4 Å². The third kappa shape index (κ3) is 8.41. The number of carbonyl (C=O) groups excluding carboxylic acids is 2. The summed E-state index contributed by atoms with van der Waals surface area (Å²) in [7, 11) is 0. The summed E-state index contributed by atoms with van der Waals surface area (Å²) in [4.78, 5) is 28.7. The predicted octanol–water partition coefficient (Wildman–Crippen LogP) is 6.48. The molecular weight excluding hydrogens is 479 g/mol. The molecule has 0 fully saturated rings. The molecule has 0 saturated heterocycles. The Labute approximate surface area is 218 Å². The first-order chi connectivity index (χ1) is 17.0. The van der Waals surface area contributed by atoms with Crippen LogP contribution >= 0.6 is 23.2 Å². The number of carbonyl (C=O) groups is 2. The molecule has 2 amide bonds. The van der Waals surface area contributed by atoms with Gasteiger partial charge in [-0.3, -0.25) is 9.59 Å². The molecule has 0 bridgehead atoms. The van der Waals surface area contributed by atoms with Crippen molar-refractivity contribution in [2.45, 2.75) is 51.6 Å². The van der Waals surface area contributed by atoms with E-state index < -0.39 is 6.04 Å². The Balaban J connectivity index is 1.90. The van der Waals surface area contributed by atoms with Gasteiger partial charge in [-0.2, -0.15) is 0 Å². The highest BCUT2D eigenvalue weighted by molar-refractivity contribution is 6.42. The number of aryl methyl sites for hydroxylation is 1. The van der Waals surface area contributed by atoms with Crippen LogP contribution in [0.15, 0.2) is 78.9 Å². The first-order valence-corrected chi connectivity index (χ1v) is 12.8. The highest BCUT2D eigenvalue weighted by Crippen LogP contribution is 2.24. The highest BCUT2D eigenvalue weighted by atomic mass is 35.5. The Kier molecular flexibility index (Phi) is 10.6. The summed E-state index contributed by atoms with van der Waals surface area (Å²) in [5.41, 5.74) is 2.91. The average molecular weight is 511 g/mol. The Morgan fingerprint density at radius 2 is 1.51 bits per heavy atom. The maximum absolute atomic E-state index is 13.6. The Bertz CT molecular complexity index is 1090. The molecule has 0 spiro atoms. The molecule has 3 rings (SSSR count). The Hall–Kier alpha value is -2.82. The van der Waals surface area contributed by atoms with E-state index in [9.17, 15) is 9.59 Å². The van der Waals surface area contributed by atoms with E-state index in [1.165, 1.54) is 0 Å². The molecule has 6 heteroatoms. The minimum Gasteiger partial charge on any atom is -0.354 e. The molecule has 184 valence electrons. The van der Waals surface area contributed by atoms with E-state index in [0.29, 0.717) is 35.9 Å². The number of halogens is 2. The van der Waals surface area contributed by atoms with E-state index in [1.54, 1.807) is 17.0 Å². The van der Waals surface area contributed by atoms with Gasteiger partial charge in [0.1, 0.15) is 6.04 Å². The third-order valence-electron chi connectivity index (χ3n) is 5.91. The first kappa shape index (κ1) is 26.8. The first-order valence-electron chi connectivity index (χ1n) is 12.1. The van der Waals surface area contributed by atoms with E-state index in [0.717, 1.165) is 29.5 Å². The van der Waals surface area contributed by atoms with E-state index in [2.05, 4.69) is 12.2 Å². The molecule has 3 aromatic carbocycles. The van der Waals surface area contributed by atoms with Gasteiger partial charge in [-0.15, -0.1) is 0 Å². The summed E-state index contributed by atoms with van der Waals surface area (Å²) in [5, 5.41) is 3.92. The molecule has 1 N–H and O–H groups in total.